The predicted molar refractivity (Wildman–Crippen MR) is 64.8 cm³/mol. The van der Waals surface area contributed by atoms with Crippen molar-refractivity contribution < 1.29 is 0 Å². The standard InChI is InChI=1S/C12H10.CH4N2/c1-3-7-11(8-4-1)12-9-5-2-6-10-12;2-1-3/h1-10H;1H,(H3,2,3). The van der Waals surface area contributed by atoms with Gasteiger partial charge in [-0.15, -0.1) is 0 Å². The predicted octanol–water partition coefficient (Wildman–Crippen LogP) is 2.91. The van der Waals surface area contributed by atoms with E-state index in [1.54, 1.807) is 0 Å². The zero-order chi connectivity index (χ0) is 10.9. The molecular formula is C13H14N2. The zero-order valence-corrected chi connectivity index (χ0v) is 8.43. The molecular weight excluding hydrogens is 184 g/mol. The van der Waals surface area contributed by atoms with Crippen molar-refractivity contribution in [3.05, 3.63) is 60.7 Å². The van der Waals surface area contributed by atoms with Gasteiger partial charge in [0.1, 0.15) is 0 Å². The molecule has 0 atom stereocenters. The minimum absolute atomic E-state index is 0.750. The summed E-state index contributed by atoms with van der Waals surface area (Å²) in [6.07, 6.45) is 0.750. The van der Waals surface area contributed by atoms with Crippen LogP contribution in [0.4, 0.5) is 0 Å². The SMILES string of the molecule is N=CN.c1ccc(-c2ccccc2)cc1. The van der Waals surface area contributed by atoms with E-state index >= 15 is 0 Å². The van der Waals surface area contributed by atoms with Crippen LogP contribution in [0, 0.1) is 5.41 Å². The van der Waals surface area contributed by atoms with Gasteiger partial charge in [0.2, 0.25) is 0 Å². The summed E-state index contributed by atoms with van der Waals surface area (Å²) in [6.45, 7) is 0. The molecule has 0 aromatic heterocycles. The zero-order valence-electron chi connectivity index (χ0n) is 8.43. The van der Waals surface area contributed by atoms with E-state index in [4.69, 9.17) is 5.41 Å². The van der Waals surface area contributed by atoms with Crippen LogP contribution in [0.3, 0.4) is 0 Å². The lowest BCUT2D eigenvalue weighted by molar-refractivity contribution is 1.52. The molecule has 0 heterocycles. The number of nitrogens with two attached hydrogens (primary N) is 1. The molecule has 0 amide bonds. The van der Waals surface area contributed by atoms with Crippen LogP contribution in [0.15, 0.2) is 60.7 Å². The van der Waals surface area contributed by atoms with Crippen molar-refractivity contribution in [3.8, 4) is 11.1 Å². The van der Waals surface area contributed by atoms with Crippen LogP contribution in [0.2, 0.25) is 0 Å². The molecule has 0 fully saturated rings. The first-order chi connectivity index (χ1) is 7.38. The molecule has 2 heteroatoms. The number of nitrogens with one attached hydrogen (secondary N) is 1. The van der Waals surface area contributed by atoms with Gasteiger partial charge in [0.05, 0.1) is 6.34 Å². The number of hydrogen-bond acceptors (Lipinski definition) is 1. The monoisotopic (exact) mass is 198 g/mol. The molecule has 0 aliphatic heterocycles. The maximum absolute atomic E-state index is 5.86. The van der Waals surface area contributed by atoms with Crippen molar-refractivity contribution in [2.75, 3.05) is 0 Å². The molecule has 15 heavy (non-hydrogen) atoms. The summed E-state index contributed by atoms with van der Waals surface area (Å²) in [5.74, 6) is 0. The van der Waals surface area contributed by atoms with Crippen LogP contribution in [0.5, 0.6) is 0 Å². The molecule has 2 aromatic carbocycles. The van der Waals surface area contributed by atoms with Gasteiger partial charge in [0, 0.05) is 0 Å². The smallest absolute Gasteiger partial charge is 0.0765 e. The van der Waals surface area contributed by atoms with Gasteiger partial charge < -0.3 is 5.73 Å². The summed E-state index contributed by atoms with van der Waals surface area (Å²) in [5, 5.41) is 5.86. The topological polar surface area (TPSA) is 49.9 Å². The minimum Gasteiger partial charge on any atom is -0.390 e. The molecule has 3 N–H and O–H groups in total. The van der Waals surface area contributed by atoms with E-state index in [9.17, 15) is 0 Å². The summed E-state index contributed by atoms with van der Waals surface area (Å²) in [7, 11) is 0. The molecule has 0 spiro atoms. The highest BCUT2D eigenvalue weighted by Crippen LogP contribution is 2.17. The molecule has 2 nitrogen and oxygen atoms in total. The third-order valence-corrected chi connectivity index (χ3v) is 1.88. The summed E-state index contributed by atoms with van der Waals surface area (Å²) in [4.78, 5) is 0. The Balaban J connectivity index is 0.000000337. The molecule has 2 rings (SSSR count). The Labute approximate surface area is 89.9 Å². The second-order valence-electron chi connectivity index (χ2n) is 2.90. The van der Waals surface area contributed by atoms with Gasteiger partial charge in [0.15, 0.2) is 0 Å². The highest BCUT2D eigenvalue weighted by Gasteiger charge is 1.91. The van der Waals surface area contributed by atoms with Crippen molar-refractivity contribution in [3.63, 3.8) is 0 Å². The quantitative estimate of drug-likeness (QED) is 0.537. The van der Waals surface area contributed by atoms with E-state index in [0.717, 1.165) is 6.34 Å². The lowest BCUT2D eigenvalue weighted by atomic mass is 10.1. The van der Waals surface area contributed by atoms with Crippen molar-refractivity contribution in [1.82, 2.24) is 0 Å². The molecule has 0 bridgehead atoms. The molecule has 0 unspecified atom stereocenters. The molecule has 76 valence electrons. The van der Waals surface area contributed by atoms with Crippen LogP contribution in [0.1, 0.15) is 0 Å². The first-order valence-corrected chi connectivity index (χ1v) is 4.69. The molecule has 0 radical (unpaired) electrons. The van der Waals surface area contributed by atoms with Crippen molar-refractivity contribution >= 4 is 6.34 Å². The van der Waals surface area contributed by atoms with Gasteiger partial charge in [-0.05, 0) is 11.1 Å². The highest BCUT2D eigenvalue weighted by atomic mass is 14.6. The van der Waals surface area contributed by atoms with Gasteiger partial charge >= 0.3 is 0 Å². The second kappa shape index (κ2) is 6.38. The summed E-state index contributed by atoms with van der Waals surface area (Å²) >= 11 is 0. The fourth-order valence-corrected chi connectivity index (χ4v) is 1.26. The normalized spacial score (nSPS) is 8.53. The summed E-state index contributed by atoms with van der Waals surface area (Å²) in [5.41, 5.74) is 6.94. The van der Waals surface area contributed by atoms with E-state index < -0.39 is 0 Å². The Morgan fingerprint density at radius 3 is 1.27 bits per heavy atom. The van der Waals surface area contributed by atoms with E-state index in [2.05, 4.69) is 54.3 Å². The third kappa shape index (κ3) is 3.65. The second-order valence-corrected chi connectivity index (χ2v) is 2.90. The minimum atomic E-state index is 0.750. The van der Waals surface area contributed by atoms with Crippen LogP contribution in [0.25, 0.3) is 11.1 Å². The van der Waals surface area contributed by atoms with E-state index in [1.165, 1.54) is 11.1 Å². The number of benzene rings is 2. The van der Waals surface area contributed by atoms with Crippen LogP contribution >= 0.6 is 0 Å². The third-order valence-electron chi connectivity index (χ3n) is 1.88. The van der Waals surface area contributed by atoms with Crippen molar-refractivity contribution in [2.24, 2.45) is 5.73 Å². The molecule has 0 aliphatic carbocycles. The Morgan fingerprint density at radius 1 is 0.733 bits per heavy atom. The maximum Gasteiger partial charge on any atom is 0.0765 e. The Hall–Kier alpha value is -2.09. The maximum atomic E-state index is 5.86. The van der Waals surface area contributed by atoms with Gasteiger partial charge in [-0.1, -0.05) is 60.7 Å². The molecule has 0 aliphatic rings. The lowest BCUT2D eigenvalue weighted by Gasteiger charge is -1.98. The van der Waals surface area contributed by atoms with Gasteiger partial charge in [-0.25, -0.2) is 0 Å². The number of hydrogen-bond donors (Lipinski definition) is 2. The number of rotatable bonds is 1. The van der Waals surface area contributed by atoms with E-state index in [1.807, 2.05) is 12.1 Å². The molecule has 0 saturated heterocycles. The first-order valence-electron chi connectivity index (χ1n) is 4.69. The van der Waals surface area contributed by atoms with E-state index in [0.29, 0.717) is 0 Å². The molecule has 0 saturated carbocycles. The first kappa shape index (κ1) is 11.0. The fraction of sp³-hybridized carbons (Fsp3) is 0. The lowest BCUT2D eigenvalue weighted by Crippen LogP contribution is -1.81. The fourth-order valence-electron chi connectivity index (χ4n) is 1.26. The van der Waals surface area contributed by atoms with Gasteiger partial charge in [-0.2, -0.15) is 0 Å². The Kier molecular flexibility index (Phi) is 4.67. The summed E-state index contributed by atoms with van der Waals surface area (Å²) in [6, 6.07) is 20.8. The van der Waals surface area contributed by atoms with E-state index in [-0.39, 0.29) is 0 Å². The molecule has 2 aromatic rings. The van der Waals surface area contributed by atoms with Crippen molar-refractivity contribution in [2.45, 2.75) is 0 Å². The van der Waals surface area contributed by atoms with Crippen molar-refractivity contribution in [1.29, 1.82) is 5.41 Å². The van der Waals surface area contributed by atoms with Gasteiger partial charge in [0.25, 0.3) is 0 Å². The van der Waals surface area contributed by atoms with Crippen LogP contribution in [-0.2, 0) is 0 Å². The Morgan fingerprint density at radius 2 is 1.00 bits per heavy atom. The average molecular weight is 198 g/mol. The van der Waals surface area contributed by atoms with Crippen LogP contribution in [-0.4, -0.2) is 6.34 Å². The summed E-state index contributed by atoms with van der Waals surface area (Å²) < 4.78 is 0. The average Bonchev–Trinajstić information content (AvgIpc) is 2.32. The van der Waals surface area contributed by atoms with Crippen LogP contribution < -0.4 is 5.73 Å². The Bertz CT molecular complexity index is 344. The largest absolute Gasteiger partial charge is 0.390 e. The highest BCUT2D eigenvalue weighted by molar-refractivity contribution is 5.62. The van der Waals surface area contributed by atoms with Gasteiger partial charge in [-0.3, -0.25) is 5.41 Å².